The van der Waals surface area contributed by atoms with Crippen LogP contribution in [0.15, 0.2) is 72.1 Å². The molecule has 1 atom stereocenters. The molecule has 2 aromatic carbocycles. The van der Waals surface area contributed by atoms with Gasteiger partial charge in [-0.3, -0.25) is 9.59 Å². The molecule has 1 aromatic heterocycles. The van der Waals surface area contributed by atoms with E-state index in [0.29, 0.717) is 29.7 Å². The molecule has 0 amide bonds. The summed E-state index contributed by atoms with van der Waals surface area (Å²) in [5.41, 5.74) is 3.08. The summed E-state index contributed by atoms with van der Waals surface area (Å²) in [6.07, 6.45) is 1.92. The van der Waals surface area contributed by atoms with E-state index in [-0.39, 0.29) is 23.4 Å². The number of rotatable bonds is 3. The van der Waals surface area contributed by atoms with Crippen molar-refractivity contribution in [3.63, 3.8) is 0 Å². The second-order valence-corrected chi connectivity index (χ2v) is 6.65. The lowest BCUT2D eigenvalue weighted by molar-refractivity contribution is 0.0801. The number of Topliss-reactive ketones (excluding diaryl/α,β-unsaturated/α-hetero) is 2. The van der Waals surface area contributed by atoms with Crippen molar-refractivity contribution in [3.8, 4) is 11.3 Å². The van der Waals surface area contributed by atoms with Crippen LogP contribution in [-0.2, 0) is 11.3 Å². The molecule has 3 aromatic rings. The zero-order valence-electron chi connectivity index (χ0n) is 14.3. The van der Waals surface area contributed by atoms with Crippen LogP contribution in [0.4, 0.5) is 0 Å². The lowest BCUT2D eigenvalue weighted by Crippen LogP contribution is -2.20. The molecule has 0 saturated heterocycles. The molecule has 1 aliphatic heterocycles. The molecule has 0 saturated carbocycles. The van der Waals surface area contributed by atoms with Crippen molar-refractivity contribution in [3.05, 3.63) is 83.3 Å². The summed E-state index contributed by atoms with van der Waals surface area (Å²) in [6.45, 7) is 0.420. The van der Waals surface area contributed by atoms with Crippen LogP contribution in [0.2, 0.25) is 0 Å². The Morgan fingerprint density at radius 2 is 1.67 bits per heavy atom. The van der Waals surface area contributed by atoms with Crippen LogP contribution in [0, 0.1) is 0 Å². The Morgan fingerprint density at radius 3 is 2.44 bits per heavy atom. The standard InChI is InChI=1S/C21H15N3O3/c25-19-15-8-4-5-9-16(15)20(26)21-17(19)10-14(27-21)11-24-12-18(22-23-24)13-6-2-1-3-7-13/h1-9,12,14H,10-11H2. The average Bonchev–Trinajstić information content (AvgIpc) is 3.35. The average molecular weight is 357 g/mol. The van der Waals surface area contributed by atoms with Crippen molar-refractivity contribution >= 4 is 11.6 Å². The van der Waals surface area contributed by atoms with Gasteiger partial charge in [0.05, 0.1) is 12.7 Å². The molecule has 0 bridgehead atoms. The summed E-state index contributed by atoms with van der Waals surface area (Å²) in [4.78, 5) is 25.4. The number of benzene rings is 2. The number of carbonyl (C=O) groups is 2. The van der Waals surface area contributed by atoms with E-state index in [1.165, 1.54) is 0 Å². The van der Waals surface area contributed by atoms with Gasteiger partial charge in [-0.2, -0.15) is 0 Å². The number of aromatic nitrogens is 3. The number of carbonyl (C=O) groups excluding carboxylic acids is 2. The molecule has 27 heavy (non-hydrogen) atoms. The molecular formula is C21H15N3O3. The second kappa shape index (κ2) is 6.02. The van der Waals surface area contributed by atoms with Crippen molar-refractivity contribution in [1.82, 2.24) is 15.0 Å². The van der Waals surface area contributed by atoms with Crippen LogP contribution in [0.3, 0.4) is 0 Å². The number of ether oxygens (including phenoxy) is 1. The fraction of sp³-hybridized carbons (Fsp3) is 0.143. The Labute approximate surface area is 155 Å². The quantitative estimate of drug-likeness (QED) is 0.720. The Balaban J connectivity index is 1.35. The Morgan fingerprint density at radius 1 is 0.963 bits per heavy atom. The first-order valence-corrected chi connectivity index (χ1v) is 8.74. The molecular weight excluding hydrogens is 342 g/mol. The Bertz CT molecular complexity index is 1050. The van der Waals surface area contributed by atoms with E-state index in [1.54, 1.807) is 28.9 Å². The molecule has 2 aliphatic rings. The smallest absolute Gasteiger partial charge is 0.228 e. The van der Waals surface area contributed by atoms with Crippen LogP contribution < -0.4 is 0 Å². The predicted molar refractivity (Wildman–Crippen MR) is 97.1 cm³/mol. The molecule has 5 rings (SSSR count). The number of allylic oxidation sites excluding steroid dienone is 1. The summed E-state index contributed by atoms with van der Waals surface area (Å²) in [7, 11) is 0. The molecule has 0 fully saturated rings. The maximum atomic E-state index is 12.7. The van der Waals surface area contributed by atoms with Crippen molar-refractivity contribution in [2.24, 2.45) is 0 Å². The predicted octanol–water partition coefficient (Wildman–Crippen LogP) is 3.07. The lowest BCUT2D eigenvalue weighted by Gasteiger charge is -2.15. The van der Waals surface area contributed by atoms with Gasteiger partial charge in [0, 0.05) is 28.7 Å². The zero-order valence-corrected chi connectivity index (χ0v) is 14.3. The highest BCUT2D eigenvalue weighted by molar-refractivity contribution is 6.26. The van der Waals surface area contributed by atoms with Gasteiger partial charge in [-0.25, -0.2) is 4.68 Å². The third-order valence-electron chi connectivity index (χ3n) is 4.89. The number of hydrogen-bond acceptors (Lipinski definition) is 5. The third-order valence-corrected chi connectivity index (χ3v) is 4.89. The van der Waals surface area contributed by atoms with Crippen molar-refractivity contribution in [2.75, 3.05) is 0 Å². The van der Waals surface area contributed by atoms with Crippen molar-refractivity contribution in [1.29, 1.82) is 0 Å². The highest BCUT2D eigenvalue weighted by Gasteiger charge is 2.40. The maximum absolute atomic E-state index is 12.7. The molecule has 6 nitrogen and oxygen atoms in total. The topological polar surface area (TPSA) is 74.1 Å². The number of fused-ring (bicyclic) bond motifs is 1. The van der Waals surface area contributed by atoms with Crippen LogP contribution in [0.1, 0.15) is 27.1 Å². The minimum atomic E-state index is -0.317. The summed E-state index contributed by atoms with van der Waals surface area (Å²) in [6, 6.07) is 16.7. The van der Waals surface area contributed by atoms with Crippen LogP contribution in [0.5, 0.6) is 0 Å². The largest absolute Gasteiger partial charge is 0.484 e. The van der Waals surface area contributed by atoms with Gasteiger partial charge >= 0.3 is 0 Å². The van der Waals surface area contributed by atoms with Crippen LogP contribution >= 0.6 is 0 Å². The van der Waals surface area contributed by atoms with E-state index in [0.717, 1.165) is 11.3 Å². The van der Waals surface area contributed by atoms with E-state index in [1.807, 2.05) is 36.5 Å². The lowest BCUT2D eigenvalue weighted by atomic mass is 9.87. The van der Waals surface area contributed by atoms with Gasteiger partial charge < -0.3 is 4.74 Å². The van der Waals surface area contributed by atoms with E-state index in [2.05, 4.69) is 10.3 Å². The SMILES string of the molecule is O=C1C2=C(OC(Cn3cc(-c4ccccc4)nn3)C2)C(=O)c2ccccc21. The zero-order chi connectivity index (χ0) is 18.4. The molecule has 1 aliphatic carbocycles. The van der Waals surface area contributed by atoms with Gasteiger partial charge in [-0.15, -0.1) is 5.10 Å². The summed E-state index contributed by atoms with van der Waals surface area (Å²) < 4.78 is 7.53. The summed E-state index contributed by atoms with van der Waals surface area (Å²) in [5, 5.41) is 8.34. The minimum absolute atomic E-state index is 0.119. The van der Waals surface area contributed by atoms with E-state index in [4.69, 9.17) is 4.74 Å². The summed E-state index contributed by atoms with van der Waals surface area (Å²) >= 11 is 0. The molecule has 1 unspecified atom stereocenters. The van der Waals surface area contributed by atoms with Gasteiger partial charge in [0.15, 0.2) is 11.5 Å². The maximum Gasteiger partial charge on any atom is 0.228 e. The number of nitrogens with zero attached hydrogens (tertiary/aromatic N) is 3. The normalized spacial score (nSPS) is 18.3. The Hall–Kier alpha value is -3.54. The molecule has 2 heterocycles. The van der Waals surface area contributed by atoms with Gasteiger partial charge in [-0.05, 0) is 0 Å². The van der Waals surface area contributed by atoms with Crippen LogP contribution in [0.25, 0.3) is 11.3 Å². The fourth-order valence-electron chi connectivity index (χ4n) is 3.59. The number of hydrogen-bond donors (Lipinski definition) is 0. The minimum Gasteiger partial charge on any atom is -0.484 e. The second-order valence-electron chi connectivity index (χ2n) is 6.65. The molecule has 0 spiro atoms. The van der Waals surface area contributed by atoms with Gasteiger partial charge in [0.2, 0.25) is 5.78 Å². The van der Waals surface area contributed by atoms with Gasteiger partial charge in [-0.1, -0.05) is 59.8 Å². The van der Waals surface area contributed by atoms with E-state index in [9.17, 15) is 9.59 Å². The van der Waals surface area contributed by atoms with E-state index >= 15 is 0 Å². The number of ketones is 2. The first kappa shape index (κ1) is 15.7. The molecule has 6 heteroatoms. The van der Waals surface area contributed by atoms with Crippen molar-refractivity contribution < 1.29 is 14.3 Å². The van der Waals surface area contributed by atoms with Gasteiger partial charge in [0.25, 0.3) is 0 Å². The van der Waals surface area contributed by atoms with E-state index < -0.39 is 0 Å². The van der Waals surface area contributed by atoms with Crippen LogP contribution in [-0.4, -0.2) is 32.7 Å². The Kier molecular flexibility index (Phi) is 3.50. The first-order valence-electron chi connectivity index (χ1n) is 8.74. The highest BCUT2D eigenvalue weighted by Crippen LogP contribution is 2.36. The molecule has 0 N–H and O–H groups in total. The van der Waals surface area contributed by atoms with Crippen molar-refractivity contribution in [2.45, 2.75) is 19.1 Å². The third kappa shape index (κ3) is 2.57. The first-order chi connectivity index (χ1) is 13.2. The monoisotopic (exact) mass is 357 g/mol. The highest BCUT2D eigenvalue weighted by atomic mass is 16.5. The molecule has 0 radical (unpaired) electrons. The summed E-state index contributed by atoms with van der Waals surface area (Å²) in [5.74, 6) is -0.148. The fourth-order valence-corrected chi connectivity index (χ4v) is 3.59. The molecule has 132 valence electrons. The van der Waals surface area contributed by atoms with Gasteiger partial charge in [0.1, 0.15) is 11.8 Å².